The van der Waals surface area contributed by atoms with E-state index in [1.54, 1.807) is 23.7 Å². The number of thiazole rings is 1. The number of rotatable bonds is 2. The van der Waals surface area contributed by atoms with E-state index in [1.807, 2.05) is 5.38 Å². The van der Waals surface area contributed by atoms with Crippen molar-refractivity contribution in [2.45, 2.75) is 6.54 Å². The molecule has 0 aliphatic carbocycles. The van der Waals surface area contributed by atoms with Crippen molar-refractivity contribution in [3.05, 3.63) is 22.8 Å². The van der Waals surface area contributed by atoms with Crippen molar-refractivity contribution >= 4 is 11.3 Å². The van der Waals surface area contributed by atoms with Crippen LogP contribution in [0.5, 0.6) is 0 Å². The Hall–Kier alpha value is -1.20. The van der Waals surface area contributed by atoms with Crippen molar-refractivity contribution < 1.29 is 0 Å². The van der Waals surface area contributed by atoms with Gasteiger partial charge in [-0.1, -0.05) is 0 Å². The summed E-state index contributed by atoms with van der Waals surface area (Å²) in [5, 5.41) is 2.88. The molecule has 12 heavy (non-hydrogen) atoms. The molecule has 0 amide bonds. The lowest BCUT2D eigenvalue weighted by Crippen LogP contribution is -1.94. The van der Waals surface area contributed by atoms with Crippen LogP contribution in [0.15, 0.2) is 17.8 Å². The molecule has 0 atom stereocenters. The molecule has 0 aromatic carbocycles. The summed E-state index contributed by atoms with van der Waals surface area (Å²) in [6.07, 6.45) is 3.48. The molecule has 3 N–H and O–H groups in total. The van der Waals surface area contributed by atoms with Gasteiger partial charge in [0.05, 0.1) is 0 Å². The second kappa shape index (κ2) is 3.04. The molecule has 0 unspecified atom stereocenters. The predicted molar refractivity (Wildman–Crippen MR) is 47.6 cm³/mol. The summed E-state index contributed by atoms with van der Waals surface area (Å²) in [5.74, 6) is 0.797. The molecule has 0 bridgehead atoms. The van der Waals surface area contributed by atoms with Gasteiger partial charge in [-0.25, -0.2) is 9.97 Å². The van der Waals surface area contributed by atoms with Crippen LogP contribution in [0.4, 0.5) is 0 Å². The molecular weight excluding hydrogens is 172 g/mol. The summed E-state index contributed by atoms with van der Waals surface area (Å²) in [6, 6.07) is 0. The topological polar surface area (TPSA) is 67.6 Å². The molecule has 5 heteroatoms. The average Bonchev–Trinajstić information content (AvgIpc) is 2.75. The van der Waals surface area contributed by atoms with E-state index >= 15 is 0 Å². The summed E-state index contributed by atoms with van der Waals surface area (Å²) in [5.41, 5.74) is 6.30. The quantitative estimate of drug-likeness (QED) is 0.724. The predicted octanol–water partition coefficient (Wildman–Crippen LogP) is 0.992. The number of aromatic amines is 1. The van der Waals surface area contributed by atoms with Crippen molar-refractivity contribution in [2.24, 2.45) is 5.73 Å². The second-order valence-electron chi connectivity index (χ2n) is 2.27. The fraction of sp³-hybridized carbons (Fsp3) is 0.143. The number of nitrogens with two attached hydrogens (primary N) is 1. The number of nitrogens with zero attached hydrogens (tertiary/aromatic N) is 2. The van der Waals surface area contributed by atoms with Crippen LogP contribution in [0.25, 0.3) is 11.5 Å². The van der Waals surface area contributed by atoms with Crippen molar-refractivity contribution in [2.75, 3.05) is 0 Å². The van der Waals surface area contributed by atoms with Gasteiger partial charge in [-0.2, -0.15) is 0 Å². The summed E-state index contributed by atoms with van der Waals surface area (Å²) in [6.45, 7) is 0.491. The zero-order chi connectivity index (χ0) is 8.39. The van der Waals surface area contributed by atoms with Gasteiger partial charge in [0.1, 0.15) is 10.7 Å². The van der Waals surface area contributed by atoms with Crippen molar-refractivity contribution in [3.63, 3.8) is 0 Å². The maximum Gasteiger partial charge on any atom is 0.156 e. The molecular formula is C7H8N4S. The monoisotopic (exact) mass is 180 g/mol. The summed E-state index contributed by atoms with van der Waals surface area (Å²) in [7, 11) is 0. The zero-order valence-electron chi connectivity index (χ0n) is 6.32. The highest BCUT2D eigenvalue weighted by Gasteiger charge is 2.03. The van der Waals surface area contributed by atoms with Crippen LogP contribution in [0.1, 0.15) is 5.01 Å². The molecule has 0 saturated carbocycles. The maximum atomic E-state index is 5.43. The Bertz CT molecular complexity index is 351. The highest BCUT2D eigenvalue weighted by molar-refractivity contribution is 7.09. The first-order valence-electron chi connectivity index (χ1n) is 3.54. The van der Waals surface area contributed by atoms with Crippen LogP contribution in [-0.4, -0.2) is 15.0 Å². The van der Waals surface area contributed by atoms with Crippen LogP contribution in [-0.2, 0) is 6.54 Å². The van der Waals surface area contributed by atoms with Gasteiger partial charge in [-0.3, -0.25) is 0 Å². The molecule has 2 aromatic rings. The Morgan fingerprint density at radius 3 is 3.08 bits per heavy atom. The first-order chi connectivity index (χ1) is 5.90. The molecule has 0 fully saturated rings. The van der Waals surface area contributed by atoms with Crippen LogP contribution in [0.3, 0.4) is 0 Å². The molecule has 0 saturated heterocycles. The normalized spacial score (nSPS) is 10.4. The van der Waals surface area contributed by atoms with Gasteiger partial charge in [-0.15, -0.1) is 11.3 Å². The highest BCUT2D eigenvalue weighted by Crippen LogP contribution is 2.17. The third kappa shape index (κ3) is 1.24. The maximum absolute atomic E-state index is 5.43. The smallest absolute Gasteiger partial charge is 0.156 e. The van der Waals surface area contributed by atoms with Crippen molar-refractivity contribution in [1.82, 2.24) is 15.0 Å². The lowest BCUT2D eigenvalue weighted by atomic mass is 10.5. The summed E-state index contributed by atoms with van der Waals surface area (Å²) >= 11 is 1.55. The van der Waals surface area contributed by atoms with E-state index in [-0.39, 0.29) is 0 Å². The summed E-state index contributed by atoms with van der Waals surface area (Å²) < 4.78 is 0. The van der Waals surface area contributed by atoms with E-state index in [2.05, 4.69) is 15.0 Å². The number of aromatic nitrogens is 3. The molecule has 62 valence electrons. The molecule has 0 spiro atoms. The van der Waals surface area contributed by atoms with Gasteiger partial charge in [-0.05, 0) is 0 Å². The van der Waals surface area contributed by atoms with E-state index in [1.165, 1.54) is 0 Å². The number of hydrogen-bond donors (Lipinski definition) is 2. The lowest BCUT2D eigenvalue weighted by Gasteiger charge is -1.86. The minimum Gasteiger partial charge on any atom is -0.343 e. The largest absolute Gasteiger partial charge is 0.343 e. The number of nitrogens with one attached hydrogen (secondary N) is 1. The Morgan fingerprint density at radius 1 is 1.58 bits per heavy atom. The van der Waals surface area contributed by atoms with E-state index in [4.69, 9.17) is 5.73 Å². The van der Waals surface area contributed by atoms with Crippen LogP contribution >= 0.6 is 11.3 Å². The average molecular weight is 180 g/mol. The van der Waals surface area contributed by atoms with Crippen molar-refractivity contribution in [3.8, 4) is 11.5 Å². The minimum absolute atomic E-state index is 0.491. The fourth-order valence-electron chi connectivity index (χ4n) is 0.919. The van der Waals surface area contributed by atoms with E-state index in [0.717, 1.165) is 16.5 Å². The van der Waals surface area contributed by atoms with Gasteiger partial charge < -0.3 is 10.7 Å². The number of hydrogen-bond acceptors (Lipinski definition) is 4. The molecule has 2 rings (SSSR count). The van der Waals surface area contributed by atoms with Gasteiger partial charge in [0.15, 0.2) is 5.82 Å². The highest BCUT2D eigenvalue weighted by atomic mass is 32.1. The SMILES string of the molecule is NCc1nc(-c2ncc[nH]2)cs1. The Balaban J connectivity index is 2.35. The number of imidazole rings is 1. The number of H-pyrrole nitrogens is 1. The first-order valence-corrected chi connectivity index (χ1v) is 4.42. The van der Waals surface area contributed by atoms with Crippen molar-refractivity contribution in [1.29, 1.82) is 0 Å². The third-order valence-corrected chi connectivity index (χ3v) is 2.34. The van der Waals surface area contributed by atoms with E-state index in [0.29, 0.717) is 6.54 Å². The Kier molecular flexibility index (Phi) is 1.89. The van der Waals surface area contributed by atoms with E-state index < -0.39 is 0 Å². The second-order valence-corrected chi connectivity index (χ2v) is 3.21. The first kappa shape index (κ1) is 7.45. The Morgan fingerprint density at radius 2 is 2.50 bits per heavy atom. The van der Waals surface area contributed by atoms with Crippen LogP contribution < -0.4 is 5.73 Å². The summed E-state index contributed by atoms with van der Waals surface area (Å²) in [4.78, 5) is 11.3. The third-order valence-electron chi connectivity index (χ3n) is 1.47. The molecule has 2 heterocycles. The molecule has 0 aliphatic rings. The van der Waals surface area contributed by atoms with Crippen LogP contribution in [0.2, 0.25) is 0 Å². The molecule has 4 nitrogen and oxygen atoms in total. The van der Waals surface area contributed by atoms with Gasteiger partial charge >= 0.3 is 0 Å². The standard InChI is InChI=1S/C7H8N4S/c8-3-6-11-5(4-12-6)7-9-1-2-10-7/h1-2,4H,3,8H2,(H,9,10). The van der Waals surface area contributed by atoms with Gasteiger partial charge in [0, 0.05) is 24.3 Å². The van der Waals surface area contributed by atoms with Crippen LogP contribution in [0, 0.1) is 0 Å². The van der Waals surface area contributed by atoms with Gasteiger partial charge in [0.25, 0.3) is 0 Å². The fourth-order valence-corrected chi connectivity index (χ4v) is 1.58. The Labute approximate surface area is 73.5 Å². The van der Waals surface area contributed by atoms with E-state index in [9.17, 15) is 0 Å². The van der Waals surface area contributed by atoms with Gasteiger partial charge in [0.2, 0.25) is 0 Å². The lowest BCUT2D eigenvalue weighted by molar-refractivity contribution is 1.04. The molecule has 0 aliphatic heterocycles. The zero-order valence-corrected chi connectivity index (χ0v) is 7.14. The molecule has 2 aromatic heterocycles. The molecule has 0 radical (unpaired) electrons. The minimum atomic E-state index is 0.491.